The van der Waals surface area contributed by atoms with Gasteiger partial charge in [-0.25, -0.2) is 19.3 Å². The molecule has 0 aliphatic heterocycles. The molecule has 2 heterocycles. The maximum Gasteiger partial charge on any atom is 0.697 e. The molecular formula is C35H44N9O13P2+. The molecule has 0 spiro atoms. The lowest BCUT2D eigenvalue weighted by atomic mass is 10.1. The molecule has 2 unspecified atom stereocenters. The van der Waals surface area contributed by atoms with E-state index in [-0.39, 0.29) is 79.7 Å². The molecule has 59 heavy (non-hydrogen) atoms. The van der Waals surface area contributed by atoms with Crippen molar-refractivity contribution in [2.24, 2.45) is 0 Å². The fourth-order valence-electron chi connectivity index (χ4n) is 5.08. The van der Waals surface area contributed by atoms with Crippen molar-refractivity contribution in [3.8, 4) is 0 Å². The van der Waals surface area contributed by atoms with Gasteiger partial charge in [0.15, 0.2) is 11.2 Å². The molecular weight excluding hydrogens is 816 g/mol. The van der Waals surface area contributed by atoms with E-state index in [0.717, 1.165) is 0 Å². The zero-order valence-corrected chi connectivity index (χ0v) is 34.0. The summed E-state index contributed by atoms with van der Waals surface area (Å²) < 4.78 is 50.9. The van der Waals surface area contributed by atoms with Gasteiger partial charge in [0.2, 0.25) is 11.9 Å². The van der Waals surface area contributed by atoms with Gasteiger partial charge in [0.05, 0.1) is 42.9 Å². The monoisotopic (exact) mass is 860 g/mol. The SMILES string of the molecule is CCO[P+](=O)OCC(CNC(=O)c1ccccc1NC(=O)CC[C@@H](NC(=O)c1ccc(NCc2cnc3nc(N)[nH]c(=O)c3n2)cc1)C(=O)O)OP(=O)(OCC)OCC. The van der Waals surface area contributed by atoms with Gasteiger partial charge in [-0.15, -0.1) is 9.05 Å². The average Bonchev–Trinajstić information content (AvgIpc) is 3.20. The number of para-hydroxylation sites is 1. The number of aromatic amines is 1. The zero-order valence-electron chi connectivity index (χ0n) is 32.2. The number of fused-ring (bicyclic) bond motifs is 1. The summed E-state index contributed by atoms with van der Waals surface area (Å²) in [5.74, 6) is -3.49. The minimum Gasteiger partial charge on any atom is -0.480 e. The summed E-state index contributed by atoms with van der Waals surface area (Å²) >= 11 is 0. The molecule has 2 aromatic heterocycles. The minimum atomic E-state index is -4.09. The van der Waals surface area contributed by atoms with Crippen molar-refractivity contribution >= 4 is 68.3 Å². The van der Waals surface area contributed by atoms with Gasteiger partial charge in [-0.2, -0.15) is 4.98 Å². The summed E-state index contributed by atoms with van der Waals surface area (Å²) in [7, 11) is -6.63. The molecule has 2 aromatic carbocycles. The number of nitrogens with one attached hydrogen (secondary N) is 5. The molecule has 0 aliphatic carbocycles. The maximum absolute atomic E-state index is 13.3. The average molecular weight is 861 g/mol. The van der Waals surface area contributed by atoms with Crippen LogP contribution in [0.3, 0.4) is 0 Å². The molecule has 3 amide bonds. The van der Waals surface area contributed by atoms with Gasteiger partial charge < -0.3 is 32.1 Å². The third kappa shape index (κ3) is 14.3. The Labute approximate surface area is 337 Å². The molecule has 8 N–H and O–H groups in total. The molecule has 0 saturated heterocycles. The van der Waals surface area contributed by atoms with E-state index >= 15 is 0 Å². The van der Waals surface area contributed by atoms with Crippen LogP contribution in [0.15, 0.2) is 59.5 Å². The number of hydrogen-bond acceptors (Lipinski definition) is 17. The van der Waals surface area contributed by atoms with E-state index in [4.69, 9.17) is 28.4 Å². The zero-order chi connectivity index (χ0) is 43.0. The number of nitrogens with two attached hydrogens (primary N) is 1. The van der Waals surface area contributed by atoms with Gasteiger partial charge in [0, 0.05) is 28.8 Å². The van der Waals surface area contributed by atoms with Crippen LogP contribution in [-0.2, 0) is 47.9 Å². The van der Waals surface area contributed by atoms with E-state index in [1.165, 1.54) is 30.5 Å². The second-order valence-corrected chi connectivity index (χ2v) is 14.7. The van der Waals surface area contributed by atoms with E-state index < -0.39 is 64.1 Å². The summed E-state index contributed by atoms with van der Waals surface area (Å²) in [5, 5.41) is 20.5. The van der Waals surface area contributed by atoms with Crippen LogP contribution in [0.25, 0.3) is 11.2 Å². The van der Waals surface area contributed by atoms with Crippen LogP contribution in [0.1, 0.15) is 60.0 Å². The standard InChI is InChI=1S/C35H43N9O13P2/c1-4-53-58(51)54-20-24(57-59(52,55-5-2)56-6-3)19-39-32(47)25-9-7-8-10-26(25)41-28(45)16-15-27(34(49)50)42-31(46)21-11-13-22(14-12-21)37-17-23-18-38-30-29(40-23)33(48)44-35(36)43-30/h7-14,18,24,27H,4-6,15-17,19-20H2,1-3H3,(H7-,36,37,38,39,41,42,43,44,45,46,47,48,49,50)/p+1/t24?,27-/m1/s1. The molecule has 0 radical (unpaired) electrons. The van der Waals surface area contributed by atoms with Gasteiger partial charge in [-0.05, 0) is 63.6 Å². The number of hydrogen-bond donors (Lipinski definition) is 7. The number of carboxylic acid groups (broad SMARTS) is 1. The first-order valence-electron chi connectivity index (χ1n) is 18.1. The highest BCUT2D eigenvalue weighted by Crippen LogP contribution is 2.50. The van der Waals surface area contributed by atoms with Crippen molar-refractivity contribution in [2.45, 2.75) is 52.3 Å². The normalized spacial score (nSPS) is 12.6. The number of anilines is 3. The second kappa shape index (κ2) is 22.4. The topological polar surface area (TPSA) is 314 Å². The summed E-state index contributed by atoms with van der Waals surface area (Å²) in [6.07, 6.45) is -0.379. The van der Waals surface area contributed by atoms with Crippen LogP contribution in [0.5, 0.6) is 0 Å². The molecule has 22 nitrogen and oxygen atoms in total. The Morgan fingerprint density at radius 2 is 1.68 bits per heavy atom. The highest BCUT2D eigenvalue weighted by atomic mass is 31.2. The number of nitrogens with zero attached hydrogens (tertiary/aromatic N) is 3. The van der Waals surface area contributed by atoms with Crippen LogP contribution >= 0.6 is 16.1 Å². The van der Waals surface area contributed by atoms with Crippen LogP contribution in [0.2, 0.25) is 0 Å². The molecule has 3 atom stereocenters. The number of aliphatic carboxylic acids is 1. The Bertz CT molecular complexity index is 2220. The second-order valence-electron chi connectivity index (χ2n) is 12.1. The fraction of sp³-hybridized carbons (Fsp3) is 0.371. The highest BCUT2D eigenvalue weighted by Gasteiger charge is 2.33. The van der Waals surface area contributed by atoms with Crippen LogP contribution < -0.4 is 32.6 Å². The molecule has 0 saturated carbocycles. The van der Waals surface area contributed by atoms with E-state index in [1.807, 2.05) is 0 Å². The fourth-order valence-corrected chi connectivity index (χ4v) is 6.98. The van der Waals surface area contributed by atoms with Crippen molar-refractivity contribution in [1.82, 2.24) is 30.6 Å². The van der Waals surface area contributed by atoms with Crippen molar-refractivity contribution in [3.63, 3.8) is 0 Å². The van der Waals surface area contributed by atoms with Crippen molar-refractivity contribution < 1.29 is 56.0 Å². The van der Waals surface area contributed by atoms with Crippen LogP contribution in [0.4, 0.5) is 17.3 Å². The maximum atomic E-state index is 13.3. The third-order valence-electron chi connectivity index (χ3n) is 7.76. The van der Waals surface area contributed by atoms with E-state index in [0.29, 0.717) is 11.4 Å². The lowest BCUT2D eigenvalue weighted by molar-refractivity contribution is -0.139. The van der Waals surface area contributed by atoms with Crippen molar-refractivity contribution in [1.29, 1.82) is 0 Å². The van der Waals surface area contributed by atoms with Gasteiger partial charge in [-0.1, -0.05) is 12.1 Å². The van der Waals surface area contributed by atoms with E-state index in [9.17, 15) is 38.2 Å². The Morgan fingerprint density at radius 1 is 0.966 bits per heavy atom. The van der Waals surface area contributed by atoms with E-state index in [1.54, 1.807) is 45.0 Å². The van der Waals surface area contributed by atoms with Crippen LogP contribution in [-0.4, -0.2) is 93.9 Å². The predicted octanol–water partition coefficient (Wildman–Crippen LogP) is 3.52. The number of carboxylic acids is 1. The number of amides is 3. The molecule has 0 fully saturated rings. The first-order valence-corrected chi connectivity index (χ1v) is 20.7. The largest absolute Gasteiger partial charge is 0.697 e. The smallest absolute Gasteiger partial charge is 0.480 e. The van der Waals surface area contributed by atoms with Crippen molar-refractivity contribution in [2.75, 3.05) is 49.3 Å². The number of nitrogen functional groups attached to an aromatic ring is 1. The van der Waals surface area contributed by atoms with Gasteiger partial charge in [-0.3, -0.25) is 37.7 Å². The molecule has 4 rings (SSSR count). The highest BCUT2D eigenvalue weighted by molar-refractivity contribution is 7.48. The van der Waals surface area contributed by atoms with Gasteiger partial charge in [0.1, 0.15) is 25.4 Å². The lowest BCUT2D eigenvalue weighted by Gasteiger charge is -2.22. The molecule has 0 bridgehead atoms. The van der Waals surface area contributed by atoms with Gasteiger partial charge in [0.25, 0.3) is 17.4 Å². The number of aromatic nitrogens is 4. The molecule has 24 heteroatoms. The first-order chi connectivity index (χ1) is 28.2. The number of carbonyl (C=O) groups is 4. The van der Waals surface area contributed by atoms with Crippen molar-refractivity contribution in [3.05, 3.63) is 81.9 Å². The molecule has 0 aliphatic rings. The molecule has 316 valence electrons. The quantitative estimate of drug-likeness (QED) is 0.0496. The number of phosphoric ester groups is 1. The number of rotatable bonds is 24. The summed E-state index contributed by atoms with van der Waals surface area (Å²) in [4.78, 5) is 78.1. The molecule has 4 aromatic rings. The Hall–Kier alpha value is -5.73. The predicted molar refractivity (Wildman–Crippen MR) is 213 cm³/mol. The minimum absolute atomic E-state index is 0.0167. The Morgan fingerprint density at radius 3 is 2.36 bits per heavy atom. The number of phosphoric acid groups is 1. The summed E-state index contributed by atoms with van der Waals surface area (Å²) in [5.41, 5.74) is 6.40. The lowest BCUT2D eigenvalue weighted by Crippen LogP contribution is -2.41. The Balaban J connectivity index is 1.31. The number of benzene rings is 2. The van der Waals surface area contributed by atoms with Crippen LogP contribution in [0, 0.1) is 0 Å². The number of carbonyl (C=O) groups excluding carboxylic acids is 3. The summed E-state index contributed by atoms with van der Waals surface area (Å²) in [6, 6.07) is 10.6. The first kappa shape index (κ1) is 46.0. The number of H-pyrrole nitrogens is 1. The Kier molecular flexibility index (Phi) is 17.5. The van der Waals surface area contributed by atoms with E-state index in [2.05, 4.69) is 41.2 Å². The summed E-state index contributed by atoms with van der Waals surface area (Å²) in [6.45, 7) is 4.26. The van der Waals surface area contributed by atoms with Gasteiger partial charge >= 0.3 is 22.0 Å². The third-order valence-corrected chi connectivity index (χ3v) is 10.3.